The number of aromatic nitrogens is 3. The van der Waals surface area contributed by atoms with Crippen LogP contribution in [0.25, 0.3) is 10.8 Å². The molecule has 5 atom stereocenters. The van der Waals surface area contributed by atoms with Crippen molar-refractivity contribution in [1.82, 2.24) is 25.2 Å². The van der Waals surface area contributed by atoms with Gasteiger partial charge >= 0.3 is 0 Å². The summed E-state index contributed by atoms with van der Waals surface area (Å²) in [4.78, 5) is 30.9. The van der Waals surface area contributed by atoms with Crippen LogP contribution in [-0.2, 0) is 17.6 Å². The number of nitrogens with zero attached hydrogens (tertiary/aromatic N) is 4. The summed E-state index contributed by atoms with van der Waals surface area (Å²) in [6.45, 7) is 3.23. The fourth-order valence-electron chi connectivity index (χ4n) is 7.22. The molecule has 180 valence electrons. The molecular weight excluding hydrogens is 442 g/mol. The zero-order valence-corrected chi connectivity index (χ0v) is 19.8. The normalized spacial score (nSPS) is 28.9. The number of ether oxygens (including phenoxy) is 1. The van der Waals surface area contributed by atoms with Gasteiger partial charge in [0.15, 0.2) is 0 Å². The maximum absolute atomic E-state index is 13.4. The highest BCUT2D eigenvalue weighted by Crippen LogP contribution is 2.54. The van der Waals surface area contributed by atoms with E-state index in [1.165, 1.54) is 0 Å². The molecule has 2 amide bonds. The monoisotopic (exact) mass is 471 g/mol. The molecule has 3 fully saturated rings. The summed E-state index contributed by atoms with van der Waals surface area (Å²) < 4.78 is 5.58. The van der Waals surface area contributed by atoms with Gasteiger partial charge in [0, 0.05) is 49.5 Å². The number of fused-ring (bicyclic) bond motifs is 6. The van der Waals surface area contributed by atoms with Gasteiger partial charge in [-0.1, -0.05) is 24.3 Å². The summed E-state index contributed by atoms with van der Waals surface area (Å²) in [6.07, 6.45) is 2.38. The number of H-pyrrole nitrogens is 1. The molecule has 35 heavy (non-hydrogen) atoms. The van der Waals surface area contributed by atoms with E-state index in [9.17, 15) is 9.59 Å². The Morgan fingerprint density at radius 1 is 0.943 bits per heavy atom. The van der Waals surface area contributed by atoms with Gasteiger partial charge in [-0.15, -0.1) is 0 Å². The number of nitrogens with one attached hydrogen (secondary N) is 1. The van der Waals surface area contributed by atoms with Crippen LogP contribution in [-0.4, -0.2) is 70.3 Å². The number of benzene rings is 2. The Balaban J connectivity index is 1.02. The second-order valence-electron chi connectivity index (χ2n) is 10.7. The molecule has 1 N–H and O–H groups in total. The van der Waals surface area contributed by atoms with Crippen molar-refractivity contribution in [3.05, 3.63) is 53.3 Å². The molecule has 2 aliphatic heterocycles. The molecule has 0 unspecified atom stereocenters. The third-order valence-corrected chi connectivity index (χ3v) is 9.04. The fraction of sp³-hybridized carbons (Fsp3) is 0.481. The van der Waals surface area contributed by atoms with E-state index < -0.39 is 0 Å². The lowest BCUT2D eigenvalue weighted by Gasteiger charge is -2.42. The first kappa shape index (κ1) is 20.9. The van der Waals surface area contributed by atoms with E-state index in [0.29, 0.717) is 35.7 Å². The summed E-state index contributed by atoms with van der Waals surface area (Å²) in [5, 5.41) is 13.2. The van der Waals surface area contributed by atoms with E-state index in [1.807, 2.05) is 41.3 Å². The highest BCUT2D eigenvalue weighted by molar-refractivity contribution is 6.01. The van der Waals surface area contributed by atoms with E-state index >= 15 is 0 Å². The highest BCUT2D eigenvalue weighted by atomic mass is 16.5. The molecule has 0 radical (unpaired) electrons. The zero-order valence-electron chi connectivity index (χ0n) is 19.8. The molecule has 1 aromatic heterocycles. The standard InChI is InChI=1S/C27H29N5O3/c1-35-25-10-17(8-15-4-2-3-5-18(15)25)27(34)32-13-21-19-11-31(12-20(19)22(21)14-32)26(33)16-6-7-23-24(9-16)29-30-28-23/h2-5,8,10,16,19-22H,6-7,9,11-14H2,1H3,(H,28,29,30)/t16-,19-,20+,21+,22-/m1/s1. The number of amides is 2. The molecule has 2 aliphatic carbocycles. The number of rotatable bonds is 3. The Morgan fingerprint density at radius 2 is 1.63 bits per heavy atom. The second kappa shape index (κ2) is 7.80. The van der Waals surface area contributed by atoms with Gasteiger partial charge in [0.2, 0.25) is 5.91 Å². The van der Waals surface area contributed by atoms with Gasteiger partial charge in [-0.05, 0) is 54.0 Å². The minimum absolute atomic E-state index is 0.0194. The van der Waals surface area contributed by atoms with Crippen LogP contribution in [0.15, 0.2) is 36.4 Å². The van der Waals surface area contributed by atoms with Crippen molar-refractivity contribution in [3.8, 4) is 5.75 Å². The van der Waals surface area contributed by atoms with Gasteiger partial charge in [-0.2, -0.15) is 15.4 Å². The van der Waals surface area contributed by atoms with Crippen molar-refractivity contribution < 1.29 is 14.3 Å². The number of carbonyl (C=O) groups excluding carboxylic acids is 2. The van der Waals surface area contributed by atoms with E-state index in [0.717, 1.165) is 66.9 Å². The van der Waals surface area contributed by atoms with Gasteiger partial charge in [0.25, 0.3) is 5.91 Å². The maximum atomic E-state index is 13.4. The Hall–Kier alpha value is -3.42. The average molecular weight is 472 g/mol. The van der Waals surface area contributed by atoms with E-state index in [2.05, 4.69) is 20.3 Å². The Kier molecular flexibility index (Phi) is 4.66. The molecular formula is C27H29N5O3. The molecule has 8 heteroatoms. The SMILES string of the molecule is COc1cc(C(=O)N2C[C@@H]3[C@H](C2)[C@H]2CN(C(=O)[C@@H]4CCc5n[nH]nc5C4)C[C@@H]32)cc2ccccc12. The van der Waals surface area contributed by atoms with Gasteiger partial charge in [0.05, 0.1) is 18.5 Å². The first-order valence-electron chi connectivity index (χ1n) is 12.6. The van der Waals surface area contributed by atoms with Crippen molar-refractivity contribution in [2.45, 2.75) is 19.3 Å². The predicted octanol–water partition coefficient (Wildman–Crippen LogP) is 2.55. The molecule has 7 rings (SSSR count). The van der Waals surface area contributed by atoms with Gasteiger partial charge < -0.3 is 14.5 Å². The van der Waals surface area contributed by atoms with Crippen LogP contribution in [0.2, 0.25) is 0 Å². The van der Waals surface area contributed by atoms with Crippen LogP contribution in [0.5, 0.6) is 5.75 Å². The lowest BCUT2D eigenvalue weighted by Crippen LogP contribution is -2.44. The fourth-order valence-corrected chi connectivity index (χ4v) is 7.22. The van der Waals surface area contributed by atoms with E-state index in [-0.39, 0.29) is 17.7 Å². The number of methoxy groups -OCH3 is 1. The van der Waals surface area contributed by atoms with Gasteiger partial charge in [-0.3, -0.25) is 9.59 Å². The van der Waals surface area contributed by atoms with Crippen molar-refractivity contribution in [3.63, 3.8) is 0 Å². The van der Waals surface area contributed by atoms with Crippen LogP contribution < -0.4 is 4.74 Å². The second-order valence-corrected chi connectivity index (χ2v) is 10.7. The molecule has 3 heterocycles. The largest absolute Gasteiger partial charge is 0.496 e. The molecule has 0 spiro atoms. The molecule has 2 aromatic carbocycles. The minimum Gasteiger partial charge on any atom is -0.496 e. The number of hydrogen-bond acceptors (Lipinski definition) is 5. The van der Waals surface area contributed by atoms with E-state index in [1.54, 1.807) is 7.11 Å². The lowest BCUT2D eigenvalue weighted by molar-refractivity contribution is -0.135. The van der Waals surface area contributed by atoms with Crippen molar-refractivity contribution in [2.75, 3.05) is 33.3 Å². The number of hydrogen-bond donors (Lipinski definition) is 1. The summed E-state index contributed by atoms with van der Waals surface area (Å²) >= 11 is 0. The smallest absolute Gasteiger partial charge is 0.254 e. The quantitative estimate of drug-likeness (QED) is 0.634. The molecule has 0 bridgehead atoms. The lowest BCUT2D eigenvalue weighted by atomic mass is 9.60. The topological polar surface area (TPSA) is 91.4 Å². The zero-order chi connectivity index (χ0) is 23.7. The molecule has 2 saturated heterocycles. The van der Waals surface area contributed by atoms with Crippen molar-refractivity contribution in [2.24, 2.45) is 29.6 Å². The number of aromatic amines is 1. The van der Waals surface area contributed by atoms with Crippen LogP contribution in [0.3, 0.4) is 0 Å². The van der Waals surface area contributed by atoms with Crippen LogP contribution in [0.4, 0.5) is 0 Å². The predicted molar refractivity (Wildman–Crippen MR) is 129 cm³/mol. The highest BCUT2D eigenvalue weighted by Gasteiger charge is 2.59. The average Bonchev–Trinajstić information content (AvgIpc) is 3.61. The maximum Gasteiger partial charge on any atom is 0.254 e. The van der Waals surface area contributed by atoms with Gasteiger partial charge in [0.1, 0.15) is 5.75 Å². The summed E-state index contributed by atoms with van der Waals surface area (Å²) in [5.41, 5.74) is 2.65. The molecule has 1 saturated carbocycles. The van der Waals surface area contributed by atoms with Crippen molar-refractivity contribution >= 4 is 22.6 Å². The first-order valence-corrected chi connectivity index (χ1v) is 12.6. The van der Waals surface area contributed by atoms with Crippen molar-refractivity contribution in [1.29, 1.82) is 0 Å². The molecule has 8 nitrogen and oxygen atoms in total. The number of likely N-dealkylation sites (tertiary alicyclic amines) is 2. The third-order valence-electron chi connectivity index (χ3n) is 9.04. The minimum atomic E-state index is 0.0194. The Bertz CT molecular complexity index is 1320. The number of carbonyl (C=O) groups is 2. The van der Waals surface area contributed by atoms with Gasteiger partial charge in [-0.25, -0.2) is 0 Å². The summed E-state index contributed by atoms with van der Waals surface area (Å²) in [6, 6.07) is 11.9. The van der Waals surface area contributed by atoms with E-state index in [4.69, 9.17) is 4.74 Å². The first-order chi connectivity index (χ1) is 17.1. The van der Waals surface area contributed by atoms with Crippen LogP contribution in [0.1, 0.15) is 28.2 Å². The third kappa shape index (κ3) is 3.18. The Labute approximate surface area is 203 Å². The Morgan fingerprint density at radius 3 is 2.37 bits per heavy atom. The van der Waals surface area contributed by atoms with Crippen LogP contribution in [0, 0.1) is 29.6 Å². The summed E-state index contributed by atoms with van der Waals surface area (Å²) in [7, 11) is 1.65. The molecule has 3 aromatic rings. The summed E-state index contributed by atoms with van der Waals surface area (Å²) in [5.74, 6) is 3.14. The number of aryl methyl sites for hydroxylation is 1. The molecule has 4 aliphatic rings. The van der Waals surface area contributed by atoms with Crippen LogP contribution >= 0.6 is 0 Å².